The highest BCUT2D eigenvalue weighted by atomic mass is 16.3. The molecule has 0 aliphatic carbocycles. The molecule has 0 unspecified atom stereocenters. The molecule has 0 fully saturated rings. The van der Waals surface area contributed by atoms with Gasteiger partial charge in [0.1, 0.15) is 5.69 Å². The molecule has 0 spiro atoms. The molecule has 1 aromatic carbocycles. The fraction of sp³-hybridized carbons (Fsp3) is 0.350. The van der Waals surface area contributed by atoms with Crippen LogP contribution in [0.2, 0.25) is 0 Å². The molecular weight excluding hydrogens is 328 g/mol. The fourth-order valence-electron chi connectivity index (χ4n) is 2.94. The summed E-state index contributed by atoms with van der Waals surface area (Å²) in [4.78, 5) is 11.7. The summed E-state index contributed by atoms with van der Waals surface area (Å²) in [6.07, 6.45) is 9.01. The first kappa shape index (κ1) is 17.9. The standard InChI is InChI=1S/C20H24N4O2/c25-19-12-9-14-23(20(19)26)13-7-2-1-3-8-15-24-16-18(21-22-24)17-10-5-4-6-11-17/h4-6,9-12,14,16,25H,1-3,7-8,13,15H2. The number of aromatic nitrogens is 4. The van der Waals surface area contributed by atoms with E-state index in [2.05, 4.69) is 10.3 Å². The van der Waals surface area contributed by atoms with Crippen LogP contribution in [0.4, 0.5) is 0 Å². The third-order valence-electron chi connectivity index (χ3n) is 4.39. The molecule has 2 heterocycles. The van der Waals surface area contributed by atoms with E-state index in [1.54, 1.807) is 16.8 Å². The van der Waals surface area contributed by atoms with Gasteiger partial charge in [-0.15, -0.1) is 5.10 Å². The van der Waals surface area contributed by atoms with Crippen molar-refractivity contribution in [3.05, 3.63) is 65.2 Å². The third-order valence-corrected chi connectivity index (χ3v) is 4.39. The minimum absolute atomic E-state index is 0.185. The molecule has 0 bridgehead atoms. The van der Waals surface area contributed by atoms with Crippen LogP contribution in [-0.2, 0) is 13.1 Å². The first-order valence-electron chi connectivity index (χ1n) is 9.08. The van der Waals surface area contributed by atoms with Crippen molar-refractivity contribution in [1.82, 2.24) is 19.6 Å². The van der Waals surface area contributed by atoms with Gasteiger partial charge in [0.05, 0.1) is 6.20 Å². The second kappa shape index (κ2) is 8.99. The van der Waals surface area contributed by atoms with E-state index in [0.717, 1.165) is 49.9 Å². The lowest BCUT2D eigenvalue weighted by Crippen LogP contribution is -2.18. The zero-order valence-electron chi connectivity index (χ0n) is 14.8. The number of rotatable bonds is 9. The van der Waals surface area contributed by atoms with Crippen LogP contribution in [0.15, 0.2) is 59.7 Å². The molecule has 3 aromatic rings. The molecule has 0 saturated carbocycles. The number of aryl methyl sites for hydroxylation is 2. The van der Waals surface area contributed by atoms with E-state index in [4.69, 9.17) is 0 Å². The van der Waals surface area contributed by atoms with Gasteiger partial charge in [-0.3, -0.25) is 9.48 Å². The Hall–Kier alpha value is -2.89. The van der Waals surface area contributed by atoms with Gasteiger partial charge in [-0.25, -0.2) is 0 Å². The molecule has 6 nitrogen and oxygen atoms in total. The van der Waals surface area contributed by atoms with Crippen LogP contribution in [0, 0.1) is 0 Å². The van der Waals surface area contributed by atoms with Gasteiger partial charge in [-0.2, -0.15) is 0 Å². The molecule has 0 aliphatic rings. The highest BCUT2D eigenvalue weighted by Gasteiger charge is 2.03. The van der Waals surface area contributed by atoms with Crippen molar-refractivity contribution in [2.24, 2.45) is 0 Å². The minimum Gasteiger partial charge on any atom is -0.503 e. The molecular formula is C20H24N4O2. The van der Waals surface area contributed by atoms with Crippen molar-refractivity contribution in [3.8, 4) is 17.0 Å². The van der Waals surface area contributed by atoms with Gasteiger partial charge in [0.2, 0.25) is 0 Å². The summed E-state index contributed by atoms with van der Waals surface area (Å²) in [6, 6.07) is 13.2. The van der Waals surface area contributed by atoms with Crippen LogP contribution >= 0.6 is 0 Å². The average Bonchev–Trinajstić information content (AvgIpc) is 3.14. The summed E-state index contributed by atoms with van der Waals surface area (Å²) < 4.78 is 3.46. The monoisotopic (exact) mass is 352 g/mol. The third kappa shape index (κ3) is 4.81. The van der Waals surface area contributed by atoms with E-state index in [9.17, 15) is 9.90 Å². The number of hydrogen-bond donors (Lipinski definition) is 1. The van der Waals surface area contributed by atoms with E-state index in [1.165, 1.54) is 6.07 Å². The summed E-state index contributed by atoms with van der Waals surface area (Å²) in [5.41, 5.74) is 1.68. The lowest BCUT2D eigenvalue weighted by Gasteiger charge is -2.06. The Kier molecular flexibility index (Phi) is 6.19. The Balaban J connectivity index is 1.33. The smallest absolute Gasteiger partial charge is 0.292 e. The first-order valence-corrected chi connectivity index (χ1v) is 9.08. The largest absolute Gasteiger partial charge is 0.503 e. The van der Waals surface area contributed by atoms with Crippen LogP contribution in [0.5, 0.6) is 5.75 Å². The van der Waals surface area contributed by atoms with Gasteiger partial charge in [0.25, 0.3) is 5.56 Å². The molecule has 0 aliphatic heterocycles. The lowest BCUT2D eigenvalue weighted by atomic mass is 10.1. The maximum Gasteiger partial charge on any atom is 0.292 e. The minimum atomic E-state index is -0.312. The van der Waals surface area contributed by atoms with Crippen LogP contribution in [0.25, 0.3) is 11.3 Å². The molecule has 26 heavy (non-hydrogen) atoms. The Morgan fingerprint density at radius 1 is 0.885 bits per heavy atom. The van der Waals surface area contributed by atoms with Crippen LogP contribution in [0.1, 0.15) is 32.1 Å². The molecule has 0 saturated heterocycles. The summed E-state index contributed by atoms with van der Waals surface area (Å²) >= 11 is 0. The maximum absolute atomic E-state index is 11.7. The van der Waals surface area contributed by atoms with Crippen LogP contribution in [-0.4, -0.2) is 24.7 Å². The summed E-state index contributed by atoms with van der Waals surface area (Å²) in [6.45, 7) is 1.52. The average molecular weight is 352 g/mol. The SMILES string of the molecule is O=c1c(O)cccn1CCCCCCCn1cc(-c2ccccc2)nn1. The molecule has 136 valence electrons. The predicted molar refractivity (Wildman–Crippen MR) is 101 cm³/mol. The molecule has 1 N–H and O–H groups in total. The molecule has 0 radical (unpaired) electrons. The van der Waals surface area contributed by atoms with Crippen LogP contribution in [0.3, 0.4) is 0 Å². The van der Waals surface area contributed by atoms with Gasteiger partial charge in [-0.05, 0) is 25.0 Å². The van der Waals surface area contributed by atoms with Crippen molar-refractivity contribution in [3.63, 3.8) is 0 Å². The second-order valence-corrected chi connectivity index (χ2v) is 6.39. The Morgan fingerprint density at radius 2 is 1.62 bits per heavy atom. The molecule has 0 amide bonds. The van der Waals surface area contributed by atoms with E-state index < -0.39 is 0 Å². The van der Waals surface area contributed by atoms with Gasteiger partial charge < -0.3 is 9.67 Å². The normalized spacial score (nSPS) is 10.9. The van der Waals surface area contributed by atoms with E-state index in [-0.39, 0.29) is 11.3 Å². The lowest BCUT2D eigenvalue weighted by molar-refractivity contribution is 0.451. The van der Waals surface area contributed by atoms with E-state index in [1.807, 2.05) is 41.2 Å². The predicted octanol–water partition coefficient (Wildman–Crippen LogP) is 3.46. The number of nitrogens with zero attached hydrogens (tertiary/aromatic N) is 4. The molecule has 6 heteroatoms. The number of pyridine rings is 1. The van der Waals surface area contributed by atoms with Gasteiger partial charge in [0.15, 0.2) is 5.75 Å². The summed E-state index contributed by atoms with van der Waals surface area (Å²) in [7, 11) is 0. The van der Waals surface area contributed by atoms with Crippen molar-refractivity contribution >= 4 is 0 Å². The molecule has 3 rings (SSSR count). The highest BCUT2D eigenvalue weighted by molar-refractivity contribution is 5.57. The maximum atomic E-state index is 11.7. The van der Waals surface area contributed by atoms with Crippen LogP contribution < -0.4 is 5.56 Å². The zero-order chi connectivity index (χ0) is 18.2. The quantitative estimate of drug-likeness (QED) is 0.599. The van der Waals surface area contributed by atoms with E-state index in [0.29, 0.717) is 6.54 Å². The van der Waals surface area contributed by atoms with Crippen molar-refractivity contribution in [1.29, 1.82) is 0 Å². The summed E-state index contributed by atoms with van der Waals surface area (Å²) in [5.74, 6) is -0.185. The van der Waals surface area contributed by atoms with Crippen molar-refractivity contribution < 1.29 is 5.11 Å². The zero-order valence-corrected chi connectivity index (χ0v) is 14.8. The van der Waals surface area contributed by atoms with Gasteiger partial charge in [-0.1, -0.05) is 54.8 Å². The Bertz CT molecular complexity index is 871. The fourth-order valence-corrected chi connectivity index (χ4v) is 2.94. The number of unbranched alkanes of at least 4 members (excludes halogenated alkanes) is 4. The number of benzene rings is 1. The van der Waals surface area contributed by atoms with Gasteiger partial charge >= 0.3 is 0 Å². The van der Waals surface area contributed by atoms with Gasteiger partial charge in [0, 0.05) is 24.8 Å². The Morgan fingerprint density at radius 3 is 2.42 bits per heavy atom. The van der Waals surface area contributed by atoms with E-state index >= 15 is 0 Å². The molecule has 2 aromatic heterocycles. The highest BCUT2D eigenvalue weighted by Crippen LogP contribution is 2.15. The first-order chi connectivity index (χ1) is 12.7. The topological polar surface area (TPSA) is 72.9 Å². The Labute approximate surface area is 152 Å². The number of aromatic hydroxyl groups is 1. The van der Waals surface area contributed by atoms with Crippen molar-refractivity contribution in [2.75, 3.05) is 0 Å². The molecule has 0 atom stereocenters. The second-order valence-electron chi connectivity index (χ2n) is 6.39. The van der Waals surface area contributed by atoms with Crippen molar-refractivity contribution in [2.45, 2.75) is 45.2 Å². The number of hydrogen-bond acceptors (Lipinski definition) is 4. The summed E-state index contributed by atoms with van der Waals surface area (Å²) in [5, 5.41) is 17.8.